The quantitative estimate of drug-likeness (QED) is 0.467. The smallest absolute Gasteiger partial charge is 0.0811 e. The van der Waals surface area contributed by atoms with Crippen LogP contribution in [0.25, 0.3) is 0 Å². The van der Waals surface area contributed by atoms with Crippen LogP contribution in [0.3, 0.4) is 0 Å². The van der Waals surface area contributed by atoms with Gasteiger partial charge < -0.3 is 0 Å². The van der Waals surface area contributed by atoms with E-state index in [1.165, 1.54) is 32.1 Å². The van der Waals surface area contributed by atoms with Gasteiger partial charge in [0.05, 0.1) is 6.54 Å². The van der Waals surface area contributed by atoms with Crippen LogP contribution in [0.15, 0.2) is 5.18 Å². The van der Waals surface area contributed by atoms with Crippen molar-refractivity contribution in [1.82, 2.24) is 0 Å². The SMILES string of the molecule is CC12CCC1(CCCN=O)CC2. The number of hydrogen-bond acceptors (Lipinski definition) is 2. The molecule has 68 valence electrons. The fourth-order valence-corrected chi connectivity index (χ4v) is 3.09. The highest BCUT2D eigenvalue weighted by atomic mass is 16.3. The van der Waals surface area contributed by atoms with Gasteiger partial charge >= 0.3 is 0 Å². The molecule has 0 saturated heterocycles. The summed E-state index contributed by atoms with van der Waals surface area (Å²) in [5.41, 5.74) is 1.31. The molecule has 0 aliphatic heterocycles. The Morgan fingerprint density at radius 2 is 1.92 bits per heavy atom. The Labute approximate surface area is 73.7 Å². The Kier molecular flexibility index (Phi) is 1.74. The van der Waals surface area contributed by atoms with Gasteiger partial charge in [-0.25, -0.2) is 0 Å². The van der Waals surface area contributed by atoms with Crippen molar-refractivity contribution in [2.24, 2.45) is 16.0 Å². The van der Waals surface area contributed by atoms with E-state index in [0.717, 1.165) is 6.42 Å². The third-order valence-electron chi connectivity index (χ3n) is 4.50. The van der Waals surface area contributed by atoms with E-state index < -0.39 is 0 Å². The molecule has 0 unspecified atom stereocenters. The van der Waals surface area contributed by atoms with Gasteiger partial charge in [-0.15, -0.1) is 0 Å². The van der Waals surface area contributed by atoms with Gasteiger partial charge in [-0.1, -0.05) is 12.1 Å². The Hall–Kier alpha value is -0.400. The molecule has 2 fully saturated rings. The maximum atomic E-state index is 9.93. The molecule has 2 aliphatic rings. The Morgan fingerprint density at radius 3 is 2.25 bits per heavy atom. The topological polar surface area (TPSA) is 29.4 Å². The van der Waals surface area contributed by atoms with Gasteiger partial charge in [0, 0.05) is 0 Å². The van der Waals surface area contributed by atoms with Gasteiger partial charge in [-0.05, 0) is 49.4 Å². The second-order valence-electron chi connectivity index (χ2n) is 4.80. The third kappa shape index (κ3) is 0.868. The Balaban J connectivity index is 1.83. The van der Waals surface area contributed by atoms with E-state index in [9.17, 15) is 4.91 Å². The molecule has 2 saturated carbocycles. The largest absolute Gasteiger partial charge is 0.151 e. The van der Waals surface area contributed by atoms with E-state index in [0.29, 0.717) is 17.4 Å². The van der Waals surface area contributed by atoms with Crippen LogP contribution < -0.4 is 0 Å². The molecule has 0 amide bonds. The molecule has 0 heterocycles. The summed E-state index contributed by atoms with van der Waals surface area (Å²) in [6.07, 6.45) is 7.90. The van der Waals surface area contributed by atoms with Crippen molar-refractivity contribution < 1.29 is 0 Å². The fraction of sp³-hybridized carbons (Fsp3) is 1.00. The summed E-state index contributed by atoms with van der Waals surface area (Å²) in [7, 11) is 0. The highest BCUT2D eigenvalue weighted by Gasteiger charge is 2.61. The molecule has 0 aromatic carbocycles. The molecule has 0 radical (unpaired) electrons. The standard InChI is InChI=1S/C10H17NO/c1-9-4-6-10(9,7-5-9)3-2-8-11-12/h2-8H2,1H3. The fourth-order valence-electron chi connectivity index (χ4n) is 3.09. The van der Waals surface area contributed by atoms with E-state index in [1.807, 2.05) is 0 Å². The second-order valence-corrected chi connectivity index (χ2v) is 4.80. The maximum Gasteiger partial charge on any atom is 0.0811 e. The average molecular weight is 167 g/mol. The maximum absolute atomic E-state index is 9.93. The van der Waals surface area contributed by atoms with Crippen LogP contribution in [0.5, 0.6) is 0 Å². The minimum Gasteiger partial charge on any atom is -0.151 e. The summed E-state index contributed by atoms with van der Waals surface area (Å²) >= 11 is 0. The summed E-state index contributed by atoms with van der Waals surface area (Å²) in [6.45, 7) is 2.94. The lowest BCUT2D eigenvalue weighted by Crippen LogP contribution is -2.57. The number of nitroso groups, excluding NO2 is 1. The average Bonchev–Trinajstić information content (AvgIpc) is 2.09. The minimum atomic E-state index is 0.526. The molecule has 0 N–H and O–H groups in total. The van der Waals surface area contributed by atoms with Gasteiger partial charge in [0.2, 0.25) is 0 Å². The van der Waals surface area contributed by atoms with E-state index in [4.69, 9.17) is 0 Å². The van der Waals surface area contributed by atoms with Crippen molar-refractivity contribution in [3.63, 3.8) is 0 Å². The summed E-state index contributed by atoms with van der Waals surface area (Å²) < 4.78 is 0. The molecule has 0 bridgehead atoms. The monoisotopic (exact) mass is 167 g/mol. The number of rotatable bonds is 4. The summed E-state index contributed by atoms with van der Waals surface area (Å²) in [6, 6.07) is 0. The van der Waals surface area contributed by atoms with Crippen LogP contribution in [0.2, 0.25) is 0 Å². The van der Waals surface area contributed by atoms with Gasteiger partial charge in [0.15, 0.2) is 0 Å². The van der Waals surface area contributed by atoms with Gasteiger partial charge in [-0.3, -0.25) is 0 Å². The predicted octanol–water partition coefficient (Wildman–Crippen LogP) is 3.11. The second kappa shape index (κ2) is 2.54. The van der Waals surface area contributed by atoms with Crippen molar-refractivity contribution >= 4 is 0 Å². The van der Waals surface area contributed by atoms with E-state index in [-0.39, 0.29) is 0 Å². The van der Waals surface area contributed by atoms with Crippen molar-refractivity contribution in [2.75, 3.05) is 6.54 Å². The first kappa shape index (κ1) is 8.21. The number of hydrogen-bond donors (Lipinski definition) is 0. The normalized spacial score (nSPS) is 44.1. The van der Waals surface area contributed by atoms with E-state index >= 15 is 0 Å². The van der Waals surface area contributed by atoms with E-state index in [1.54, 1.807) is 0 Å². The van der Waals surface area contributed by atoms with Crippen LogP contribution >= 0.6 is 0 Å². The van der Waals surface area contributed by atoms with Gasteiger partial charge in [0.25, 0.3) is 0 Å². The molecule has 0 atom stereocenters. The van der Waals surface area contributed by atoms with Crippen molar-refractivity contribution in [3.05, 3.63) is 4.91 Å². The molecule has 2 nitrogen and oxygen atoms in total. The zero-order chi connectivity index (χ0) is 8.66. The highest BCUT2D eigenvalue weighted by molar-refractivity contribution is 5.11. The lowest BCUT2D eigenvalue weighted by atomic mass is 9.37. The highest BCUT2D eigenvalue weighted by Crippen LogP contribution is 2.71. The van der Waals surface area contributed by atoms with Crippen LogP contribution in [0.1, 0.15) is 45.4 Å². The molecule has 2 heteroatoms. The summed E-state index contributed by atoms with van der Waals surface area (Å²) in [5.74, 6) is 0. The first-order valence-electron chi connectivity index (χ1n) is 5.02. The molecule has 12 heavy (non-hydrogen) atoms. The zero-order valence-electron chi connectivity index (χ0n) is 7.81. The van der Waals surface area contributed by atoms with Gasteiger partial charge in [-0.2, -0.15) is 4.91 Å². The first-order chi connectivity index (χ1) is 5.72. The summed E-state index contributed by atoms with van der Waals surface area (Å²) in [4.78, 5) is 9.93. The van der Waals surface area contributed by atoms with Crippen LogP contribution in [-0.2, 0) is 0 Å². The Bertz CT molecular complexity index is 192. The van der Waals surface area contributed by atoms with Crippen molar-refractivity contribution in [3.8, 4) is 0 Å². The molecule has 0 aromatic rings. The van der Waals surface area contributed by atoms with Crippen molar-refractivity contribution in [1.29, 1.82) is 0 Å². The van der Waals surface area contributed by atoms with Crippen LogP contribution in [0.4, 0.5) is 0 Å². The molecule has 2 aliphatic carbocycles. The van der Waals surface area contributed by atoms with Crippen molar-refractivity contribution in [2.45, 2.75) is 45.4 Å². The minimum absolute atomic E-state index is 0.526. The molecule has 2 rings (SSSR count). The lowest BCUT2D eigenvalue weighted by molar-refractivity contribution is -0.170. The van der Waals surface area contributed by atoms with Crippen LogP contribution in [0, 0.1) is 15.7 Å². The van der Waals surface area contributed by atoms with Gasteiger partial charge in [0.1, 0.15) is 0 Å². The molecular weight excluding hydrogens is 150 g/mol. The number of nitrogens with zero attached hydrogens (tertiary/aromatic N) is 1. The number of fused-ring (bicyclic) bond motifs is 1. The zero-order valence-corrected chi connectivity index (χ0v) is 7.81. The third-order valence-corrected chi connectivity index (χ3v) is 4.50. The molecular formula is C10H17NO. The van der Waals surface area contributed by atoms with Crippen LogP contribution in [-0.4, -0.2) is 6.54 Å². The van der Waals surface area contributed by atoms with E-state index in [2.05, 4.69) is 12.1 Å². The Morgan fingerprint density at radius 1 is 1.25 bits per heavy atom. The molecule has 0 spiro atoms. The first-order valence-corrected chi connectivity index (χ1v) is 5.02. The molecule has 0 aromatic heterocycles. The summed E-state index contributed by atoms with van der Waals surface area (Å²) in [5, 5.41) is 2.92. The lowest BCUT2D eigenvalue weighted by Gasteiger charge is -2.67. The predicted molar refractivity (Wildman–Crippen MR) is 48.9 cm³/mol.